The van der Waals surface area contributed by atoms with Gasteiger partial charge in [-0.2, -0.15) is 0 Å². The van der Waals surface area contributed by atoms with Crippen molar-refractivity contribution in [2.24, 2.45) is 0 Å². The third kappa shape index (κ3) is 2.16. The average Bonchev–Trinajstić information content (AvgIpc) is 2.23. The summed E-state index contributed by atoms with van der Waals surface area (Å²) in [5, 5.41) is 0. The van der Waals surface area contributed by atoms with E-state index in [4.69, 9.17) is 10.5 Å². The van der Waals surface area contributed by atoms with Crippen LogP contribution in [0.1, 0.15) is 32.1 Å². The third-order valence-electron chi connectivity index (χ3n) is 2.63. The van der Waals surface area contributed by atoms with E-state index in [2.05, 4.69) is 4.98 Å². The fourth-order valence-electron chi connectivity index (χ4n) is 1.84. The molecule has 1 aromatic heterocycles. The monoisotopic (exact) mass is 192 g/mol. The van der Waals surface area contributed by atoms with Crippen molar-refractivity contribution >= 4 is 5.69 Å². The smallest absolute Gasteiger partial charge is 0.237 e. The molecule has 1 heterocycles. The van der Waals surface area contributed by atoms with Crippen LogP contribution in [0.15, 0.2) is 18.3 Å². The van der Waals surface area contributed by atoms with Crippen LogP contribution in [-0.4, -0.2) is 11.1 Å². The molecule has 0 bridgehead atoms. The molecule has 1 aliphatic carbocycles. The summed E-state index contributed by atoms with van der Waals surface area (Å²) in [7, 11) is 0. The number of ether oxygens (including phenoxy) is 1. The van der Waals surface area contributed by atoms with Crippen molar-refractivity contribution in [2.75, 3.05) is 5.73 Å². The van der Waals surface area contributed by atoms with Crippen LogP contribution < -0.4 is 10.5 Å². The minimum atomic E-state index is 0.320. The van der Waals surface area contributed by atoms with Gasteiger partial charge in [-0.1, -0.05) is 6.42 Å². The van der Waals surface area contributed by atoms with Crippen LogP contribution in [0.3, 0.4) is 0 Å². The number of rotatable bonds is 2. The van der Waals surface area contributed by atoms with Crippen molar-refractivity contribution in [1.82, 2.24) is 4.98 Å². The van der Waals surface area contributed by atoms with Gasteiger partial charge in [-0.15, -0.1) is 0 Å². The Labute approximate surface area is 84.3 Å². The molecule has 1 fully saturated rings. The molecule has 1 aromatic rings. The fraction of sp³-hybridized carbons (Fsp3) is 0.545. The fourth-order valence-corrected chi connectivity index (χ4v) is 1.84. The molecule has 76 valence electrons. The summed E-state index contributed by atoms with van der Waals surface area (Å²) < 4.78 is 5.75. The highest BCUT2D eigenvalue weighted by Gasteiger charge is 2.16. The Morgan fingerprint density at radius 2 is 2.07 bits per heavy atom. The highest BCUT2D eigenvalue weighted by molar-refractivity contribution is 5.46. The van der Waals surface area contributed by atoms with E-state index >= 15 is 0 Å². The van der Waals surface area contributed by atoms with E-state index in [0.29, 0.717) is 17.7 Å². The Morgan fingerprint density at radius 1 is 1.29 bits per heavy atom. The van der Waals surface area contributed by atoms with Gasteiger partial charge < -0.3 is 10.5 Å². The topological polar surface area (TPSA) is 48.1 Å². The zero-order valence-corrected chi connectivity index (χ0v) is 8.28. The molecule has 0 atom stereocenters. The number of hydrogen-bond donors (Lipinski definition) is 1. The van der Waals surface area contributed by atoms with Crippen molar-refractivity contribution in [3.05, 3.63) is 18.3 Å². The van der Waals surface area contributed by atoms with Crippen LogP contribution in [-0.2, 0) is 0 Å². The summed E-state index contributed by atoms with van der Waals surface area (Å²) in [6.45, 7) is 0. The zero-order valence-electron chi connectivity index (χ0n) is 8.28. The van der Waals surface area contributed by atoms with Gasteiger partial charge in [0.25, 0.3) is 0 Å². The first kappa shape index (κ1) is 9.31. The molecule has 3 nitrogen and oxygen atoms in total. The second kappa shape index (κ2) is 4.31. The summed E-state index contributed by atoms with van der Waals surface area (Å²) in [6.07, 6.45) is 8.16. The number of nitrogen functional groups attached to an aromatic ring is 1. The summed E-state index contributed by atoms with van der Waals surface area (Å²) in [6, 6.07) is 3.65. The maximum Gasteiger partial charge on any atom is 0.237 e. The molecule has 0 amide bonds. The first-order valence-electron chi connectivity index (χ1n) is 5.23. The van der Waals surface area contributed by atoms with Crippen LogP contribution in [0.4, 0.5) is 5.69 Å². The number of aromatic nitrogens is 1. The molecule has 14 heavy (non-hydrogen) atoms. The summed E-state index contributed by atoms with van der Waals surface area (Å²) in [4.78, 5) is 4.13. The van der Waals surface area contributed by atoms with Gasteiger partial charge in [0.1, 0.15) is 6.10 Å². The largest absolute Gasteiger partial charge is 0.473 e. The standard InChI is InChI=1S/C11H16N2O/c12-10-7-4-8-13-11(10)14-9-5-2-1-3-6-9/h4,7-9H,1-3,5-6,12H2. The molecule has 1 saturated carbocycles. The summed E-state index contributed by atoms with van der Waals surface area (Å²) >= 11 is 0. The van der Waals surface area contributed by atoms with Gasteiger partial charge in [-0.3, -0.25) is 0 Å². The van der Waals surface area contributed by atoms with Crippen molar-refractivity contribution in [2.45, 2.75) is 38.2 Å². The molecule has 1 aliphatic rings. The predicted octanol–water partition coefficient (Wildman–Crippen LogP) is 2.38. The SMILES string of the molecule is Nc1cccnc1OC1CCCCC1. The Hall–Kier alpha value is -1.25. The van der Waals surface area contributed by atoms with E-state index < -0.39 is 0 Å². The number of nitrogens with zero attached hydrogens (tertiary/aromatic N) is 1. The molecule has 2 rings (SSSR count). The highest BCUT2D eigenvalue weighted by Crippen LogP contribution is 2.24. The van der Waals surface area contributed by atoms with Crippen molar-refractivity contribution in [3.8, 4) is 5.88 Å². The van der Waals surface area contributed by atoms with E-state index in [9.17, 15) is 0 Å². The van der Waals surface area contributed by atoms with Crippen LogP contribution >= 0.6 is 0 Å². The molecule has 2 N–H and O–H groups in total. The van der Waals surface area contributed by atoms with Gasteiger partial charge in [-0.25, -0.2) is 4.98 Å². The molecule has 0 radical (unpaired) electrons. The lowest BCUT2D eigenvalue weighted by molar-refractivity contribution is 0.150. The van der Waals surface area contributed by atoms with Gasteiger partial charge in [0.15, 0.2) is 0 Å². The number of nitrogens with two attached hydrogens (primary N) is 1. The zero-order chi connectivity index (χ0) is 9.80. The van der Waals surface area contributed by atoms with Crippen molar-refractivity contribution in [3.63, 3.8) is 0 Å². The van der Waals surface area contributed by atoms with E-state index in [1.54, 1.807) is 6.20 Å². The van der Waals surface area contributed by atoms with Gasteiger partial charge >= 0.3 is 0 Å². The number of pyridine rings is 1. The Kier molecular flexibility index (Phi) is 2.87. The quantitative estimate of drug-likeness (QED) is 0.782. The molecule has 0 spiro atoms. The van der Waals surface area contributed by atoms with Crippen LogP contribution in [0, 0.1) is 0 Å². The second-order valence-electron chi connectivity index (χ2n) is 3.78. The number of hydrogen-bond acceptors (Lipinski definition) is 3. The summed E-state index contributed by atoms with van der Waals surface area (Å²) in [5.41, 5.74) is 6.39. The van der Waals surface area contributed by atoms with Crippen molar-refractivity contribution < 1.29 is 4.74 Å². The second-order valence-corrected chi connectivity index (χ2v) is 3.78. The molecule has 0 aromatic carbocycles. The van der Waals surface area contributed by atoms with Crippen LogP contribution in [0.2, 0.25) is 0 Å². The molecular weight excluding hydrogens is 176 g/mol. The van der Waals surface area contributed by atoms with Crippen LogP contribution in [0.5, 0.6) is 5.88 Å². The molecule has 3 heteroatoms. The third-order valence-corrected chi connectivity index (χ3v) is 2.63. The Bertz CT molecular complexity index is 295. The van der Waals surface area contributed by atoms with E-state index in [0.717, 1.165) is 12.8 Å². The highest BCUT2D eigenvalue weighted by atomic mass is 16.5. The van der Waals surface area contributed by atoms with E-state index in [1.165, 1.54) is 19.3 Å². The molecule has 0 unspecified atom stereocenters. The van der Waals surface area contributed by atoms with Crippen molar-refractivity contribution in [1.29, 1.82) is 0 Å². The Morgan fingerprint density at radius 3 is 2.79 bits per heavy atom. The van der Waals surface area contributed by atoms with E-state index in [-0.39, 0.29) is 0 Å². The van der Waals surface area contributed by atoms with Crippen LogP contribution in [0.25, 0.3) is 0 Å². The maximum atomic E-state index is 5.75. The first-order valence-corrected chi connectivity index (χ1v) is 5.23. The lowest BCUT2D eigenvalue weighted by atomic mass is 9.98. The minimum Gasteiger partial charge on any atom is -0.473 e. The lowest BCUT2D eigenvalue weighted by Crippen LogP contribution is -2.20. The van der Waals surface area contributed by atoms with Gasteiger partial charge in [0, 0.05) is 6.20 Å². The summed E-state index contributed by atoms with van der Waals surface area (Å²) in [5.74, 6) is 0.597. The molecular formula is C11H16N2O. The molecule has 0 saturated heterocycles. The maximum absolute atomic E-state index is 5.75. The minimum absolute atomic E-state index is 0.320. The predicted molar refractivity (Wildman–Crippen MR) is 56.2 cm³/mol. The number of anilines is 1. The Balaban J connectivity index is 1.99. The lowest BCUT2D eigenvalue weighted by Gasteiger charge is -2.22. The van der Waals surface area contributed by atoms with Gasteiger partial charge in [0.2, 0.25) is 5.88 Å². The van der Waals surface area contributed by atoms with Gasteiger partial charge in [0.05, 0.1) is 5.69 Å². The first-order chi connectivity index (χ1) is 6.86. The normalized spacial score (nSPS) is 18.0. The van der Waals surface area contributed by atoms with E-state index in [1.807, 2.05) is 12.1 Å². The molecule has 0 aliphatic heterocycles. The average molecular weight is 192 g/mol. The van der Waals surface area contributed by atoms with Gasteiger partial charge in [-0.05, 0) is 37.8 Å².